The molecule has 0 bridgehead atoms. The quantitative estimate of drug-likeness (QED) is 0.176. The number of nitrogens with zero attached hydrogens (tertiary/aromatic N) is 2. The van der Waals surface area contributed by atoms with Crippen molar-refractivity contribution in [3.8, 4) is 0 Å². The molecule has 1 N–H and O–H groups in total. The van der Waals surface area contributed by atoms with Crippen molar-refractivity contribution in [3.05, 3.63) is 131 Å². The maximum Gasteiger partial charge on any atom is 0.264 e. The maximum absolute atomic E-state index is 14.4. The second kappa shape index (κ2) is 15.3. The highest BCUT2D eigenvalue weighted by Crippen LogP contribution is 2.25. The fourth-order valence-corrected chi connectivity index (χ4v) is 6.32. The van der Waals surface area contributed by atoms with Gasteiger partial charge in [0.25, 0.3) is 10.0 Å². The van der Waals surface area contributed by atoms with Crippen LogP contribution in [0.15, 0.2) is 114 Å². The van der Waals surface area contributed by atoms with E-state index in [1.807, 2.05) is 75.4 Å². The van der Waals surface area contributed by atoms with E-state index in [-0.39, 0.29) is 23.8 Å². The fourth-order valence-electron chi connectivity index (χ4n) is 4.91. The molecular formula is C36H41N3O4S. The number of anilines is 1. The van der Waals surface area contributed by atoms with Crippen LogP contribution in [0.5, 0.6) is 0 Å². The van der Waals surface area contributed by atoms with Crippen LogP contribution in [0.2, 0.25) is 0 Å². The number of rotatable bonds is 14. The number of hydrogen-bond donors (Lipinski definition) is 1. The van der Waals surface area contributed by atoms with Crippen LogP contribution < -0.4 is 9.62 Å². The number of amides is 2. The molecule has 1 atom stereocenters. The largest absolute Gasteiger partial charge is 0.354 e. The minimum atomic E-state index is -4.12. The maximum atomic E-state index is 14.4. The predicted octanol–water partition coefficient (Wildman–Crippen LogP) is 6.06. The van der Waals surface area contributed by atoms with Gasteiger partial charge in [-0.05, 0) is 55.7 Å². The molecule has 230 valence electrons. The Morgan fingerprint density at radius 2 is 1.32 bits per heavy atom. The van der Waals surface area contributed by atoms with Crippen LogP contribution in [0.3, 0.4) is 0 Å². The molecule has 2 amide bonds. The van der Waals surface area contributed by atoms with Gasteiger partial charge in [0.05, 0.1) is 10.6 Å². The van der Waals surface area contributed by atoms with Gasteiger partial charge >= 0.3 is 0 Å². The number of carbonyl (C=O) groups is 2. The molecule has 4 aromatic rings. The first kappa shape index (κ1) is 32.5. The summed E-state index contributed by atoms with van der Waals surface area (Å²) in [7, 11) is -4.12. The molecule has 0 saturated heterocycles. The van der Waals surface area contributed by atoms with Crippen LogP contribution in [0.1, 0.15) is 42.0 Å². The van der Waals surface area contributed by atoms with Crippen molar-refractivity contribution < 1.29 is 18.0 Å². The molecule has 0 aliphatic rings. The molecule has 44 heavy (non-hydrogen) atoms. The molecular weight excluding hydrogens is 570 g/mol. The molecule has 0 radical (unpaired) electrons. The average Bonchev–Trinajstić information content (AvgIpc) is 3.03. The van der Waals surface area contributed by atoms with Crippen LogP contribution in [0, 0.1) is 13.8 Å². The normalized spacial score (nSPS) is 11.9. The van der Waals surface area contributed by atoms with Crippen molar-refractivity contribution in [1.82, 2.24) is 10.2 Å². The first-order valence-corrected chi connectivity index (χ1v) is 16.4. The third-order valence-electron chi connectivity index (χ3n) is 7.51. The molecule has 0 fully saturated rings. The summed E-state index contributed by atoms with van der Waals surface area (Å²) >= 11 is 0. The Kier molecular flexibility index (Phi) is 11.3. The zero-order chi connectivity index (χ0) is 31.5. The number of benzene rings is 4. The van der Waals surface area contributed by atoms with E-state index in [0.29, 0.717) is 12.2 Å². The van der Waals surface area contributed by atoms with Crippen LogP contribution in [-0.4, -0.2) is 44.3 Å². The van der Waals surface area contributed by atoms with E-state index in [9.17, 15) is 18.0 Å². The minimum absolute atomic E-state index is 0.0861. The van der Waals surface area contributed by atoms with Crippen LogP contribution >= 0.6 is 0 Å². The van der Waals surface area contributed by atoms with Crippen LogP contribution in [0.25, 0.3) is 0 Å². The van der Waals surface area contributed by atoms with E-state index in [1.54, 1.807) is 54.6 Å². The SMILES string of the molecule is CCCCNC(=O)[C@H](Cc1ccccc1)N(Cc1ccc(C)cc1)C(=O)CN(c1ccccc1)S(=O)(=O)c1ccc(C)cc1. The minimum Gasteiger partial charge on any atom is -0.354 e. The van der Waals surface area contributed by atoms with Gasteiger partial charge < -0.3 is 10.2 Å². The first-order valence-electron chi connectivity index (χ1n) is 15.0. The molecule has 7 nitrogen and oxygen atoms in total. The summed E-state index contributed by atoms with van der Waals surface area (Å²) < 4.78 is 29.2. The molecule has 8 heteroatoms. The Hall–Kier alpha value is -4.43. The van der Waals surface area contributed by atoms with Crippen molar-refractivity contribution >= 4 is 27.5 Å². The summed E-state index contributed by atoms with van der Waals surface area (Å²) in [5.41, 5.74) is 4.11. The Labute approximate surface area is 261 Å². The van der Waals surface area contributed by atoms with Gasteiger partial charge in [-0.1, -0.05) is 109 Å². The topological polar surface area (TPSA) is 86.8 Å². The lowest BCUT2D eigenvalue weighted by atomic mass is 10.0. The Morgan fingerprint density at radius 1 is 0.750 bits per heavy atom. The van der Waals surface area contributed by atoms with Gasteiger partial charge in [-0.15, -0.1) is 0 Å². The molecule has 0 aliphatic heterocycles. The zero-order valence-electron chi connectivity index (χ0n) is 25.6. The second-order valence-corrected chi connectivity index (χ2v) is 12.9. The molecule has 0 unspecified atom stereocenters. The van der Waals surface area contributed by atoms with Gasteiger partial charge in [0.1, 0.15) is 12.6 Å². The summed E-state index contributed by atoms with van der Waals surface area (Å²) in [4.78, 5) is 29.8. The van der Waals surface area contributed by atoms with Gasteiger partial charge in [0, 0.05) is 19.5 Å². The van der Waals surface area contributed by atoms with E-state index < -0.39 is 28.5 Å². The number of sulfonamides is 1. The van der Waals surface area contributed by atoms with Crippen molar-refractivity contribution in [2.75, 3.05) is 17.4 Å². The summed E-state index contributed by atoms with van der Waals surface area (Å²) in [6, 6.07) is 31.7. The summed E-state index contributed by atoms with van der Waals surface area (Å²) in [5.74, 6) is -0.743. The molecule has 4 aromatic carbocycles. The van der Waals surface area contributed by atoms with Crippen molar-refractivity contribution in [2.45, 2.75) is 57.5 Å². The van der Waals surface area contributed by atoms with E-state index >= 15 is 0 Å². The summed E-state index contributed by atoms with van der Waals surface area (Å²) in [6.45, 7) is 6.08. The highest BCUT2D eigenvalue weighted by atomic mass is 32.2. The Balaban J connectivity index is 1.76. The van der Waals surface area contributed by atoms with Gasteiger partial charge in [-0.25, -0.2) is 8.42 Å². The zero-order valence-corrected chi connectivity index (χ0v) is 26.5. The molecule has 0 saturated carbocycles. The van der Waals surface area contributed by atoms with Crippen LogP contribution in [-0.2, 0) is 32.6 Å². The third kappa shape index (κ3) is 8.57. The van der Waals surface area contributed by atoms with E-state index in [4.69, 9.17) is 0 Å². The number of aryl methyl sites for hydroxylation is 2. The second-order valence-electron chi connectivity index (χ2n) is 11.0. The Morgan fingerprint density at radius 3 is 1.91 bits per heavy atom. The van der Waals surface area contributed by atoms with E-state index in [0.717, 1.165) is 39.4 Å². The highest BCUT2D eigenvalue weighted by Gasteiger charge is 2.34. The molecule has 4 rings (SSSR count). The standard InChI is InChI=1S/C36H41N3O4S/c1-4-5-24-37-36(41)34(25-30-12-8-6-9-13-30)38(26-31-20-16-28(2)17-21-31)35(40)27-39(32-14-10-7-11-15-32)44(42,43)33-22-18-29(3)19-23-33/h6-23,34H,4-5,24-27H2,1-3H3,(H,37,41)/t34-/m0/s1. The first-order chi connectivity index (χ1) is 21.2. The van der Waals surface area contributed by atoms with E-state index in [1.165, 1.54) is 4.90 Å². The number of nitrogens with one attached hydrogen (secondary N) is 1. The lowest BCUT2D eigenvalue weighted by molar-refractivity contribution is -0.140. The van der Waals surface area contributed by atoms with Crippen molar-refractivity contribution in [3.63, 3.8) is 0 Å². The molecule has 0 aliphatic carbocycles. The Bertz CT molecular complexity index is 1610. The van der Waals surface area contributed by atoms with E-state index in [2.05, 4.69) is 5.32 Å². The number of carbonyl (C=O) groups excluding carboxylic acids is 2. The predicted molar refractivity (Wildman–Crippen MR) is 176 cm³/mol. The monoisotopic (exact) mass is 611 g/mol. The summed E-state index contributed by atoms with van der Waals surface area (Å²) in [5, 5.41) is 3.02. The van der Waals surface area contributed by atoms with Crippen LogP contribution in [0.4, 0.5) is 5.69 Å². The highest BCUT2D eigenvalue weighted by molar-refractivity contribution is 7.92. The number of para-hydroxylation sites is 1. The van der Waals surface area contributed by atoms with Gasteiger partial charge in [-0.3, -0.25) is 13.9 Å². The lowest BCUT2D eigenvalue weighted by Gasteiger charge is -2.34. The average molecular weight is 612 g/mol. The van der Waals surface area contributed by atoms with Gasteiger partial charge in [0.2, 0.25) is 11.8 Å². The molecule has 0 aromatic heterocycles. The third-order valence-corrected chi connectivity index (χ3v) is 9.29. The van der Waals surface area contributed by atoms with Crippen molar-refractivity contribution in [1.29, 1.82) is 0 Å². The number of hydrogen-bond acceptors (Lipinski definition) is 4. The van der Waals surface area contributed by atoms with Gasteiger partial charge in [0.15, 0.2) is 0 Å². The molecule has 0 heterocycles. The van der Waals surface area contributed by atoms with Crippen molar-refractivity contribution in [2.24, 2.45) is 0 Å². The molecule has 0 spiro atoms. The number of unbranched alkanes of at least 4 members (excludes halogenated alkanes) is 1. The lowest BCUT2D eigenvalue weighted by Crippen LogP contribution is -2.53. The van der Waals surface area contributed by atoms with Gasteiger partial charge in [-0.2, -0.15) is 0 Å². The smallest absolute Gasteiger partial charge is 0.264 e. The summed E-state index contributed by atoms with van der Waals surface area (Å²) in [6.07, 6.45) is 2.01. The fraction of sp³-hybridized carbons (Fsp3) is 0.278.